The highest BCUT2D eigenvalue weighted by molar-refractivity contribution is 7.11. The number of thiazole rings is 1. The Labute approximate surface area is 182 Å². The van der Waals surface area contributed by atoms with Crippen LogP contribution in [0.3, 0.4) is 0 Å². The van der Waals surface area contributed by atoms with Gasteiger partial charge in [-0.05, 0) is 35.7 Å². The fraction of sp³-hybridized carbons (Fsp3) is 0.231. The minimum atomic E-state index is 0.157. The number of likely N-dealkylation sites (N-methyl/N-ethyl adjacent to an activating group) is 1. The van der Waals surface area contributed by atoms with Gasteiger partial charge in [-0.25, -0.2) is 4.98 Å². The van der Waals surface area contributed by atoms with E-state index in [1.165, 1.54) is 16.3 Å². The summed E-state index contributed by atoms with van der Waals surface area (Å²) >= 11 is 1.67. The Morgan fingerprint density at radius 3 is 2.50 bits per heavy atom. The molecule has 4 heteroatoms. The summed E-state index contributed by atoms with van der Waals surface area (Å²) in [6.07, 6.45) is 1.21. The number of carbonyl (C=O) groups excluding carboxylic acids is 1. The van der Waals surface area contributed by atoms with Crippen molar-refractivity contribution in [2.45, 2.75) is 33.2 Å². The van der Waals surface area contributed by atoms with Gasteiger partial charge in [0.05, 0.1) is 17.1 Å². The summed E-state index contributed by atoms with van der Waals surface area (Å²) < 4.78 is 0. The van der Waals surface area contributed by atoms with E-state index >= 15 is 0 Å². The van der Waals surface area contributed by atoms with E-state index in [-0.39, 0.29) is 5.91 Å². The molecule has 1 heterocycles. The van der Waals surface area contributed by atoms with Crippen molar-refractivity contribution in [1.82, 2.24) is 9.88 Å². The van der Waals surface area contributed by atoms with Crippen molar-refractivity contribution in [3.05, 3.63) is 99.5 Å². The second-order valence-electron chi connectivity index (χ2n) is 7.50. The SMILES string of the molecule is CCN(Cc1ccccc1)C(=O)Cc1sc(Cc2cccc3ccccc23)nc1C. The number of fused-ring (bicyclic) bond motifs is 1. The molecular weight excluding hydrogens is 388 g/mol. The van der Waals surface area contributed by atoms with E-state index in [1.807, 2.05) is 36.9 Å². The zero-order chi connectivity index (χ0) is 20.9. The molecular formula is C26H26N2OS. The van der Waals surface area contributed by atoms with E-state index in [1.54, 1.807) is 11.3 Å². The van der Waals surface area contributed by atoms with E-state index in [0.717, 1.165) is 27.6 Å². The Hall–Kier alpha value is -2.98. The van der Waals surface area contributed by atoms with Gasteiger partial charge in [0, 0.05) is 24.4 Å². The van der Waals surface area contributed by atoms with Crippen LogP contribution in [0.5, 0.6) is 0 Å². The number of rotatable bonds is 7. The van der Waals surface area contributed by atoms with E-state index in [4.69, 9.17) is 4.98 Å². The molecule has 0 saturated heterocycles. The molecule has 0 N–H and O–H groups in total. The van der Waals surface area contributed by atoms with Gasteiger partial charge in [-0.2, -0.15) is 0 Å². The minimum Gasteiger partial charge on any atom is -0.338 e. The molecule has 3 aromatic carbocycles. The molecule has 0 bridgehead atoms. The first-order chi connectivity index (χ1) is 14.6. The van der Waals surface area contributed by atoms with Gasteiger partial charge >= 0.3 is 0 Å². The second kappa shape index (κ2) is 9.23. The maximum Gasteiger partial charge on any atom is 0.228 e. The molecule has 0 aliphatic heterocycles. The number of amides is 1. The number of carbonyl (C=O) groups is 1. The molecule has 0 aliphatic rings. The van der Waals surface area contributed by atoms with Crippen LogP contribution in [-0.4, -0.2) is 22.3 Å². The number of aryl methyl sites for hydroxylation is 1. The van der Waals surface area contributed by atoms with Crippen LogP contribution in [0.2, 0.25) is 0 Å². The molecule has 0 aliphatic carbocycles. The minimum absolute atomic E-state index is 0.157. The van der Waals surface area contributed by atoms with Gasteiger partial charge in [0.15, 0.2) is 0 Å². The van der Waals surface area contributed by atoms with Crippen LogP contribution in [0.1, 0.15) is 33.6 Å². The number of nitrogens with zero attached hydrogens (tertiary/aromatic N) is 2. The number of benzene rings is 3. The highest BCUT2D eigenvalue weighted by Gasteiger charge is 2.17. The molecule has 4 aromatic rings. The monoisotopic (exact) mass is 414 g/mol. The Morgan fingerprint density at radius 2 is 1.70 bits per heavy atom. The van der Waals surface area contributed by atoms with E-state index in [0.29, 0.717) is 19.5 Å². The number of hydrogen-bond donors (Lipinski definition) is 0. The highest BCUT2D eigenvalue weighted by Crippen LogP contribution is 2.26. The van der Waals surface area contributed by atoms with Crippen molar-refractivity contribution in [2.75, 3.05) is 6.54 Å². The van der Waals surface area contributed by atoms with Gasteiger partial charge < -0.3 is 4.90 Å². The molecule has 152 valence electrons. The summed E-state index contributed by atoms with van der Waals surface area (Å²) in [5.41, 5.74) is 3.41. The van der Waals surface area contributed by atoms with Crippen LogP contribution >= 0.6 is 11.3 Å². The van der Waals surface area contributed by atoms with Crippen LogP contribution in [0.15, 0.2) is 72.8 Å². The lowest BCUT2D eigenvalue weighted by atomic mass is 10.0. The molecule has 1 aromatic heterocycles. The average Bonchev–Trinajstić information content (AvgIpc) is 3.11. The van der Waals surface area contributed by atoms with Crippen molar-refractivity contribution < 1.29 is 4.79 Å². The molecule has 0 saturated carbocycles. The van der Waals surface area contributed by atoms with Crippen LogP contribution in [-0.2, 0) is 24.2 Å². The smallest absolute Gasteiger partial charge is 0.228 e. The zero-order valence-corrected chi connectivity index (χ0v) is 18.3. The molecule has 0 unspecified atom stereocenters. The summed E-state index contributed by atoms with van der Waals surface area (Å²) in [5, 5.41) is 3.58. The topological polar surface area (TPSA) is 33.2 Å². The zero-order valence-electron chi connectivity index (χ0n) is 17.5. The summed E-state index contributed by atoms with van der Waals surface area (Å²) in [6, 6.07) is 25.0. The van der Waals surface area contributed by atoms with Gasteiger partial charge in [-0.1, -0.05) is 72.8 Å². The fourth-order valence-corrected chi connectivity index (χ4v) is 4.85. The van der Waals surface area contributed by atoms with Gasteiger partial charge in [-0.15, -0.1) is 11.3 Å². The predicted molar refractivity (Wildman–Crippen MR) is 125 cm³/mol. The van der Waals surface area contributed by atoms with Crippen molar-refractivity contribution in [3.8, 4) is 0 Å². The highest BCUT2D eigenvalue weighted by atomic mass is 32.1. The van der Waals surface area contributed by atoms with Crippen molar-refractivity contribution in [3.63, 3.8) is 0 Å². The Morgan fingerprint density at radius 1 is 0.967 bits per heavy atom. The number of aromatic nitrogens is 1. The lowest BCUT2D eigenvalue weighted by Crippen LogP contribution is -2.31. The average molecular weight is 415 g/mol. The van der Waals surface area contributed by atoms with E-state index in [9.17, 15) is 4.79 Å². The van der Waals surface area contributed by atoms with Crippen molar-refractivity contribution in [2.24, 2.45) is 0 Å². The number of hydrogen-bond acceptors (Lipinski definition) is 3. The van der Waals surface area contributed by atoms with Crippen LogP contribution < -0.4 is 0 Å². The molecule has 0 atom stereocenters. The molecule has 0 spiro atoms. The third-order valence-corrected chi connectivity index (χ3v) is 6.58. The normalized spacial score (nSPS) is 11.0. The lowest BCUT2D eigenvalue weighted by molar-refractivity contribution is -0.130. The van der Waals surface area contributed by atoms with E-state index in [2.05, 4.69) is 54.6 Å². The second-order valence-corrected chi connectivity index (χ2v) is 8.67. The maximum atomic E-state index is 12.9. The third kappa shape index (κ3) is 4.60. The molecule has 0 fully saturated rings. The van der Waals surface area contributed by atoms with Crippen molar-refractivity contribution in [1.29, 1.82) is 0 Å². The first-order valence-corrected chi connectivity index (χ1v) is 11.2. The van der Waals surface area contributed by atoms with Gasteiger partial charge in [0.25, 0.3) is 0 Å². The molecule has 0 radical (unpaired) electrons. The van der Waals surface area contributed by atoms with Crippen LogP contribution in [0, 0.1) is 6.92 Å². The summed E-state index contributed by atoms with van der Waals surface area (Å²) in [4.78, 5) is 20.7. The third-order valence-electron chi connectivity index (χ3n) is 5.42. The van der Waals surface area contributed by atoms with Gasteiger partial charge in [-0.3, -0.25) is 4.79 Å². The molecule has 30 heavy (non-hydrogen) atoms. The fourth-order valence-electron chi connectivity index (χ4n) is 3.77. The van der Waals surface area contributed by atoms with Crippen LogP contribution in [0.25, 0.3) is 10.8 Å². The van der Waals surface area contributed by atoms with Gasteiger partial charge in [0.1, 0.15) is 0 Å². The molecule has 4 rings (SSSR count). The standard InChI is InChI=1S/C26H26N2OS/c1-3-28(18-20-10-5-4-6-11-20)26(29)17-24-19(2)27-25(30-24)16-22-14-9-13-21-12-7-8-15-23(21)22/h4-15H,3,16-18H2,1-2H3. The Bertz CT molecular complexity index is 1140. The summed E-state index contributed by atoms with van der Waals surface area (Å²) in [6.45, 7) is 5.40. The first kappa shape index (κ1) is 20.3. The molecule has 3 nitrogen and oxygen atoms in total. The Balaban J connectivity index is 1.49. The summed E-state index contributed by atoms with van der Waals surface area (Å²) in [7, 11) is 0. The van der Waals surface area contributed by atoms with Crippen molar-refractivity contribution >= 4 is 28.0 Å². The lowest BCUT2D eigenvalue weighted by Gasteiger charge is -2.20. The summed E-state index contributed by atoms with van der Waals surface area (Å²) in [5.74, 6) is 0.157. The largest absolute Gasteiger partial charge is 0.338 e. The first-order valence-electron chi connectivity index (χ1n) is 10.4. The van der Waals surface area contributed by atoms with E-state index < -0.39 is 0 Å². The van der Waals surface area contributed by atoms with Crippen LogP contribution in [0.4, 0.5) is 0 Å². The predicted octanol–water partition coefficient (Wildman–Crippen LogP) is 5.79. The Kier molecular flexibility index (Phi) is 6.24. The quantitative estimate of drug-likeness (QED) is 0.384. The van der Waals surface area contributed by atoms with Gasteiger partial charge in [0.2, 0.25) is 5.91 Å². The molecule has 1 amide bonds. The maximum absolute atomic E-state index is 12.9.